The van der Waals surface area contributed by atoms with Crippen molar-refractivity contribution in [3.63, 3.8) is 0 Å². The first kappa shape index (κ1) is 13.3. The van der Waals surface area contributed by atoms with Gasteiger partial charge in [-0.1, -0.05) is 23.5 Å². The van der Waals surface area contributed by atoms with Gasteiger partial charge in [0, 0.05) is 5.69 Å². The van der Waals surface area contributed by atoms with Crippen molar-refractivity contribution in [1.82, 2.24) is 4.98 Å². The molecular formula is C14H11FN4OS. The van der Waals surface area contributed by atoms with Crippen molar-refractivity contribution in [2.45, 2.75) is 0 Å². The highest BCUT2D eigenvalue weighted by Crippen LogP contribution is 2.30. The van der Waals surface area contributed by atoms with E-state index in [2.05, 4.69) is 10.3 Å². The maximum atomic E-state index is 13.9. The van der Waals surface area contributed by atoms with Gasteiger partial charge in [-0.2, -0.15) is 0 Å². The van der Waals surface area contributed by atoms with Crippen molar-refractivity contribution in [1.29, 1.82) is 0 Å². The number of primary amides is 1. The van der Waals surface area contributed by atoms with Gasteiger partial charge < -0.3 is 16.8 Å². The van der Waals surface area contributed by atoms with E-state index in [9.17, 15) is 9.18 Å². The highest BCUT2D eigenvalue weighted by molar-refractivity contribution is 7.22. The third-order valence-corrected chi connectivity index (χ3v) is 3.89. The van der Waals surface area contributed by atoms with Gasteiger partial charge >= 0.3 is 0 Å². The molecule has 5 N–H and O–H groups in total. The fourth-order valence-corrected chi connectivity index (χ4v) is 2.82. The Bertz CT molecular complexity index is 813. The first-order chi connectivity index (χ1) is 10.0. The summed E-state index contributed by atoms with van der Waals surface area (Å²) in [5.74, 6) is -1.28. The summed E-state index contributed by atoms with van der Waals surface area (Å²) in [6.07, 6.45) is 0. The van der Waals surface area contributed by atoms with E-state index in [-0.39, 0.29) is 16.9 Å². The van der Waals surface area contributed by atoms with Gasteiger partial charge in [0.25, 0.3) is 5.91 Å². The number of para-hydroxylation sites is 1. The Labute approximate surface area is 123 Å². The van der Waals surface area contributed by atoms with Gasteiger partial charge in [-0.25, -0.2) is 9.37 Å². The Morgan fingerprint density at radius 1 is 1.29 bits per heavy atom. The molecule has 0 saturated heterocycles. The first-order valence-corrected chi connectivity index (χ1v) is 6.87. The number of nitrogens with one attached hydrogen (secondary N) is 1. The summed E-state index contributed by atoms with van der Waals surface area (Å²) < 4.78 is 14.9. The molecular weight excluding hydrogens is 291 g/mol. The molecule has 0 radical (unpaired) electrons. The Kier molecular flexibility index (Phi) is 3.19. The van der Waals surface area contributed by atoms with Gasteiger partial charge in [0.2, 0.25) is 0 Å². The number of fused-ring (bicyclic) bond motifs is 1. The second-order valence-electron chi connectivity index (χ2n) is 4.40. The average Bonchev–Trinajstić information content (AvgIpc) is 2.83. The van der Waals surface area contributed by atoms with Gasteiger partial charge in [0.1, 0.15) is 5.82 Å². The van der Waals surface area contributed by atoms with Gasteiger partial charge in [-0.05, 0) is 24.3 Å². The Hall–Kier alpha value is -2.67. The van der Waals surface area contributed by atoms with Crippen LogP contribution in [0.5, 0.6) is 0 Å². The molecule has 0 aliphatic heterocycles. The zero-order valence-corrected chi connectivity index (χ0v) is 11.6. The normalized spacial score (nSPS) is 10.7. The molecule has 0 bridgehead atoms. The zero-order valence-electron chi connectivity index (χ0n) is 10.8. The molecule has 7 heteroatoms. The van der Waals surface area contributed by atoms with Crippen LogP contribution in [0.25, 0.3) is 10.2 Å². The monoisotopic (exact) mass is 302 g/mol. The third kappa shape index (κ3) is 2.50. The average molecular weight is 302 g/mol. The minimum absolute atomic E-state index is 0.00912. The second-order valence-corrected chi connectivity index (χ2v) is 5.43. The fraction of sp³-hybridized carbons (Fsp3) is 0. The standard InChI is InChI=1S/C14H11FN4OS/c15-8-6-9(16)7(13(17)20)5-11(8)19-14-18-10-3-1-2-4-12(10)21-14/h1-6H,16H2,(H2,17,20)(H,18,19). The maximum Gasteiger partial charge on any atom is 0.250 e. The molecule has 21 heavy (non-hydrogen) atoms. The minimum Gasteiger partial charge on any atom is -0.398 e. The van der Waals surface area contributed by atoms with Crippen molar-refractivity contribution in [3.8, 4) is 0 Å². The summed E-state index contributed by atoms with van der Waals surface area (Å²) in [6, 6.07) is 9.92. The molecule has 0 aliphatic carbocycles. The van der Waals surface area contributed by atoms with Crippen LogP contribution < -0.4 is 16.8 Å². The van der Waals surface area contributed by atoms with E-state index in [4.69, 9.17) is 11.5 Å². The first-order valence-electron chi connectivity index (χ1n) is 6.06. The number of thiazole rings is 1. The lowest BCUT2D eigenvalue weighted by atomic mass is 10.1. The molecule has 0 atom stereocenters. The summed E-state index contributed by atoms with van der Waals surface area (Å²) in [5.41, 5.74) is 11.8. The molecule has 1 amide bonds. The van der Waals surface area contributed by atoms with Gasteiger partial charge in [0.05, 0.1) is 21.5 Å². The lowest BCUT2D eigenvalue weighted by molar-refractivity contribution is 0.100. The molecule has 0 unspecified atom stereocenters. The lowest BCUT2D eigenvalue weighted by Gasteiger charge is -2.08. The Morgan fingerprint density at radius 2 is 2.05 bits per heavy atom. The van der Waals surface area contributed by atoms with Crippen molar-refractivity contribution < 1.29 is 9.18 Å². The van der Waals surface area contributed by atoms with Crippen LogP contribution >= 0.6 is 11.3 Å². The molecule has 0 spiro atoms. The molecule has 5 nitrogen and oxygen atoms in total. The predicted octanol–water partition coefficient (Wildman–Crippen LogP) is 2.86. The number of hydrogen-bond acceptors (Lipinski definition) is 5. The predicted molar refractivity (Wildman–Crippen MR) is 82.2 cm³/mol. The smallest absolute Gasteiger partial charge is 0.250 e. The van der Waals surface area contributed by atoms with E-state index in [0.717, 1.165) is 16.3 Å². The number of aromatic nitrogens is 1. The highest BCUT2D eigenvalue weighted by Gasteiger charge is 2.13. The number of hydrogen-bond donors (Lipinski definition) is 3. The van der Waals surface area contributed by atoms with Crippen LogP contribution in [-0.2, 0) is 0 Å². The van der Waals surface area contributed by atoms with Gasteiger partial charge in [-0.3, -0.25) is 4.79 Å². The quantitative estimate of drug-likeness (QED) is 0.648. The number of nitrogens with zero attached hydrogens (tertiary/aromatic N) is 1. The van der Waals surface area contributed by atoms with Crippen LogP contribution in [0.1, 0.15) is 10.4 Å². The van der Waals surface area contributed by atoms with Crippen LogP contribution in [0.3, 0.4) is 0 Å². The van der Waals surface area contributed by atoms with Crippen molar-refractivity contribution in [2.24, 2.45) is 5.73 Å². The summed E-state index contributed by atoms with van der Waals surface area (Å²) in [6.45, 7) is 0. The maximum absolute atomic E-state index is 13.9. The SMILES string of the molecule is NC(=O)c1cc(Nc2nc3ccccc3s2)c(F)cc1N. The molecule has 1 heterocycles. The largest absolute Gasteiger partial charge is 0.398 e. The van der Waals surface area contributed by atoms with E-state index in [1.807, 2.05) is 24.3 Å². The van der Waals surface area contributed by atoms with Crippen LogP contribution in [0.15, 0.2) is 36.4 Å². The van der Waals surface area contributed by atoms with Crippen molar-refractivity contribution in [2.75, 3.05) is 11.1 Å². The van der Waals surface area contributed by atoms with Crippen LogP contribution in [0.2, 0.25) is 0 Å². The number of benzene rings is 2. The zero-order chi connectivity index (χ0) is 15.0. The van der Waals surface area contributed by atoms with Gasteiger partial charge in [0.15, 0.2) is 5.13 Å². The molecule has 0 fully saturated rings. The number of nitrogens with two attached hydrogens (primary N) is 2. The second kappa shape index (κ2) is 5.02. The number of carbonyl (C=O) groups excluding carboxylic acids is 1. The summed E-state index contributed by atoms with van der Waals surface area (Å²) >= 11 is 1.38. The number of amides is 1. The number of carbonyl (C=O) groups is 1. The summed E-state index contributed by atoms with van der Waals surface area (Å²) in [5, 5.41) is 3.38. The highest BCUT2D eigenvalue weighted by atomic mass is 32.1. The molecule has 3 aromatic rings. The van der Waals surface area contributed by atoms with E-state index in [1.165, 1.54) is 17.4 Å². The van der Waals surface area contributed by atoms with E-state index < -0.39 is 11.7 Å². The molecule has 3 rings (SSSR count). The van der Waals surface area contributed by atoms with Crippen molar-refractivity contribution in [3.05, 3.63) is 47.8 Å². The number of nitrogen functional groups attached to an aromatic ring is 1. The van der Waals surface area contributed by atoms with Crippen LogP contribution in [-0.4, -0.2) is 10.9 Å². The summed E-state index contributed by atoms with van der Waals surface area (Å²) in [7, 11) is 0. The number of rotatable bonds is 3. The third-order valence-electron chi connectivity index (χ3n) is 2.94. The van der Waals surface area contributed by atoms with Crippen LogP contribution in [0, 0.1) is 5.82 Å². The van der Waals surface area contributed by atoms with Crippen molar-refractivity contribution >= 4 is 44.0 Å². The lowest BCUT2D eigenvalue weighted by Crippen LogP contribution is -2.14. The van der Waals surface area contributed by atoms with E-state index in [0.29, 0.717) is 5.13 Å². The van der Waals surface area contributed by atoms with E-state index in [1.54, 1.807) is 0 Å². The molecule has 0 aliphatic rings. The Morgan fingerprint density at radius 3 is 2.76 bits per heavy atom. The molecule has 2 aromatic carbocycles. The Balaban J connectivity index is 2.00. The van der Waals surface area contributed by atoms with E-state index >= 15 is 0 Å². The fourth-order valence-electron chi connectivity index (χ4n) is 1.94. The van der Waals surface area contributed by atoms with Crippen LogP contribution in [0.4, 0.5) is 20.9 Å². The molecule has 0 saturated carbocycles. The number of anilines is 3. The molecule has 106 valence electrons. The molecule has 1 aromatic heterocycles. The summed E-state index contributed by atoms with van der Waals surface area (Å²) in [4.78, 5) is 15.6. The van der Waals surface area contributed by atoms with Gasteiger partial charge in [-0.15, -0.1) is 0 Å². The minimum atomic E-state index is -0.708. The topological polar surface area (TPSA) is 94.0 Å². The number of halogens is 1.